The number of morpholine rings is 1. The van der Waals surface area contributed by atoms with E-state index in [0.29, 0.717) is 12.6 Å². The summed E-state index contributed by atoms with van der Waals surface area (Å²) in [5, 5.41) is 0. The first-order chi connectivity index (χ1) is 7.19. The lowest BCUT2D eigenvalue weighted by atomic mass is 10.2. The highest BCUT2D eigenvalue weighted by Crippen LogP contribution is 2.19. The molecule has 0 saturated carbocycles. The van der Waals surface area contributed by atoms with Gasteiger partial charge in [0.1, 0.15) is 6.26 Å². The highest BCUT2D eigenvalue weighted by atomic mass is 16.5. The van der Waals surface area contributed by atoms with Crippen LogP contribution in [0, 0.1) is 0 Å². The molecule has 0 amide bonds. The number of aromatic nitrogens is 1. The summed E-state index contributed by atoms with van der Waals surface area (Å²) in [6, 6.07) is 0.650. The minimum absolute atomic E-state index is 0.210. The molecule has 1 saturated heterocycles. The third kappa shape index (κ3) is 2.30. The molecule has 5 nitrogen and oxygen atoms in total. The van der Waals surface area contributed by atoms with E-state index in [1.54, 1.807) is 6.26 Å². The first kappa shape index (κ1) is 10.4. The average Bonchev–Trinajstić information content (AvgIpc) is 2.64. The molecule has 1 aromatic heterocycles. The summed E-state index contributed by atoms with van der Waals surface area (Å²) in [5.74, 6) is 0. The molecule has 0 bridgehead atoms. The maximum Gasteiger partial charge on any atom is 0.297 e. The summed E-state index contributed by atoms with van der Waals surface area (Å²) in [6.45, 7) is 6.15. The number of rotatable bonds is 2. The van der Waals surface area contributed by atoms with E-state index in [0.717, 1.165) is 18.8 Å². The van der Waals surface area contributed by atoms with Gasteiger partial charge in [-0.1, -0.05) is 0 Å². The van der Waals surface area contributed by atoms with E-state index in [4.69, 9.17) is 14.9 Å². The number of nitrogens with two attached hydrogens (primary N) is 1. The van der Waals surface area contributed by atoms with Crippen LogP contribution >= 0.6 is 0 Å². The number of oxazole rings is 1. The van der Waals surface area contributed by atoms with E-state index >= 15 is 0 Å². The van der Waals surface area contributed by atoms with Crippen LogP contribution in [0.4, 0.5) is 6.01 Å². The highest BCUT2D eigenvalue weighted by Gasteiger charge is 2.25. The Morgan fingerprint density at radius 3 is 2.67 bits per heavy atom. The van der Waals surface area contributed by atoms with Crippen molar-refractivity contribution in [2.45, 2.75) is 32.6 Å². The van der Waals surface area contributed by atoms with Crippen LogP contribution in [-0.2, 0) is 11.3 Å². The van der Waals surface area contributed by atoms with Crippen LogP contribution in [-0.4, -0.2) is 30.3 Å². The van der Waals surface area contributed by atoms with Gasteiger partial charge in [0.15, 0.2) is 0 Å². The summed E-state index contributed by atoms with van der Waals surface area (Å²) in [4.78, 5) is 6.40. The van der Waals surface area contributed by atoms with E-state index in [1.807, 2.05) is 0 Å². The second kappa shape index (κ2) is 4.20. The highest BCUT2D eigenvalue weighted by molar-refractivity contribution is 5.28. The predicted octanol–water partition coefficient (Wildman–Crippen LogP) is 0.747. The molecule has 2 N–H and O–H groups in total. The first-order valence-electron chi connectivity index (χ1n) is 5.24. The van der Waals surface area contributed by atoms with Gasteiger partial charge in [-0.2, -0.15) is 4.98 Å². The van der Waals surface area contributed by atoms with Crippen molar-refractivity contribution in [2.24, 2.45) is 5.73 Å². The van der Waals surface area contributed by atoms with Crippen molar-refractivity contribution in [2.75, 3.05) is 18.0 Å². The summed E-state index contributed by atoms with van der Waals surface area (Å²) < 4.78 is 11.0. The fraction of sp³-hybridized carbons (Fsp3) is 0.700. The van der Waals surface area contributed by atoms with Crippen LogP contribution in [0.15, 0.2) is 10.7 Å². The van der Waals surface area contributed by atoms with Crippen LogP contribution < -0.4 is 10.6 Å². The topological polar surface area (TPSA) is 64.5 Å². The Kier molecular flexibility index (Phi) is 2.93. The largest absolute Gasteiger partial charge is 0.432 e. The number of nitrogens with zero attached hydrogens (tertiary/aromatic N) is 2. The fourth-order valence-electron chi connectivity index (χ4n) is 1.87. The van der Waals surface area contributed by atoms with Crippen LogP contribution in [0.25, 0.3) is 0 Å². The standard InChI is InChI=1S/C10H17N3O2/c1-7-4-13(5-8(2)15-7)10-12-9(3-11)6-14-10/h6-8H,3-5,11H2,1-2H3. The molecule has 1 fully saturated rings. The van der Waals surface area contributed by atoms with Crippen molar-refractivity contribution in [1.82, 2.24) is 4.98 Å². The fourth-order valence-corrected chi connectivity index (χ4v) is 1.87. The molecule has 0 spiro atoms. The van der Waals surface area contributed by atoms with Crippen LogP contribution in [0.2, 0.25) is 0 Å². The number of anilines is 1. The van der Waals surface area contributed by atoms with Gasteiger partial charge in [0.25, 0.3) is 6.01 Å². The van der Waals surface area contributed by atoms with E-state index in [9.17, 15) is 0 Å². The molecular formula is C10H17N3O2. The third-order valence-corrected chi connectivity index (χ3v) is 2.44. The van der Waals surface area contributed by atoms with Crippen molar-refractivity contribution in [3.05, 3.63) is 12.0 Å². The lowest BCUT2D eigenvalue weighted by molar-refractivity contribution is -0.00670. The van der Waals surface area contributed by atoms with Gasteiger partial charge in [-0.15, -0.1) is 0 Å². The summed E-state index contributed by atoms with van der Waals surface area (Å²) in [7, 11) is 0. The zero-order valence-corrected chi connectivity index (χ0v) is 9.14. The normalized spacial score (nSPS) is 27.0. The second-order valence-corrected chi connectivity index (χ2v) is 3.99. The molecule has 84 valence electrons. The molecule has 15 heavy (non-hydrogen) atoms. The van der Waals surface area contributed by atoms with Gasteiger partial charge < -0.3 is 19.8 Å². The van der Waals surface area contributed by atoms with Crippen molar-refractivity contribution in [1.29, 1.82) is 0 Å². The Bertz CT molecular complexity index is 316. The minimum atomic E-state index is 0.210. The Labute approximate surface area is 89.2 Å². The SMILES string of the molecule is CC1CN(c2nc(CN)co2)CC(C)O1. The number of hydrogen-bond donors (Lipinski definition) is 1. The van der Waals surface area contributed by atoms with Crippen LogP contribution in [0.5, 0.6) is 0 Å². The molecule has 2 heterocycles. The summed E-state index contributed by atoms with van der Waals surface area (Å²) in [5.41, 5.74) is 6.27. The summed E-state index contributed by atoms with van der Waals surface area (Å²) >= 11 is 0. The lowest BCUT2D eigenvalue weighted by Gasteiger charge is -2.34. The molecular weight excluding hydrogens is 194 g/mol. The molecule has 1 aliphatic rings. The van der Waals surface area contributed by atoms with E-state index in [2.05, 4.69) is 23.7 Å². The maximum absolute atomic E-state index is 5.64. The zero-order chi connectivity index (χ0) is 10.8. The van der Waals surface area contributed by atoms with E-state index in [1.165, 1.54) is 0 Å². The first-order valence-corrected chi connectivity index (χ1v) is 5.24. The lowest BCUT2D eigenvalue weighted by Crippen LogP contribution is -2.45. The van der Waals surface area contributed by atoms with Gasteiger partial charge in [-0.3, -0.25) is 0 Å². The maximum atomic E-state index is 5.64. The predicted molar refractivity (Wildman–Crippen MR) is 56.6 cm³/mol. The third-order valence-electron chi connectivity index (χ3n) is 2.44. The zero-order valence-electron chi connectivity index (χ0n) is 9.14. The van der Waals surface area contributed by atoms with Gasteiger partial charge in [-0.25, -0.2) is 0 Å². The molecule has 1 aliphatic heterocycles. The second-order valence-electron chi connectivity index (χ2n) is 3.99. The molecule has 2 unspecified atom stereocenters. The van der Waals surface area contributed by atoms with Gasteiger partial charge in [0, 0.05) is 19.6 Å². The molecule has 2 rings (SSSR count). The molecule has 2 atom stereocenters. The minimum Gasteiger partial charge on any atom is -0.432 e. The monoisotopic (exact) mass is 211 g/mol. The van der Waals surface area contributed by atoms with Crippen molar-refractivity contribution >= 4 is 6.01 Å². The van der Waals surface area contributed by atoms with Crippen molar-refractivity contribution < 1.29 is 9.15 Å². The van der Waals surface area contributed by atoms with E-state index in [-0.39, 0.29) is 12.2 Å². The Hall–Kier alpha value is -1.07. The molecule has 1 aromatic rings. The van der Waals surface area contributed by atoms with Gasteiger partial charge in [0.2, 0.25) is 0 Å². The Morgan fingerprint density at radius 2 is 2.13 bits per heavy atom. The number of hydrogen-bond acceptors (Lipinski definition) is 5. The van der Waals surface area contributed by atoms with Crippen LogP contribution in [0.3, 0.4) is 0 Å². The Balaban J connectivity index is 2.09. The molecule has 0 aromatic carbocycles. The molecule has 0 aliphatic carbocycles. The molecule has 0 radical (unpaired) electrons. The Morgan fingerprint density at radius 1 is 1.47 bits per heavy atom. The van der Waals surface area contributed by atoms with Crippen LogP contribution in [0.1, 0.15) is 19.5 Å². The number of ether oxygens (including phenoxy) is 1. The average molecular weight is 211 g/mol. The van der Waals surface area contributed by atoms with E-state index < -0.39 is 0 Å². The van der Waals surface area contributed by atoms with Gasteiger partial charge in [-0.05, 0) is 13.8 Å². The smallest absolute Gasteiger partial charge is 0.297 e. The summed E-state index contributed by atoms with van der Waals surface area (Å²) in [6.07, 6.45) is 2.03. The quantitative estimate of drug-likeness (QED) is 0.782. The van der Waals surface area contributed by atoms with Crippen molar-refractivity contribution in [3.8, 4) is 0 Å². The van der Waals surface area contributed by atoms with Gasteiger partial charge >= 0.3 is 0 Å². The van der Waals surface area contributed by atoms with Crippen molar-refractivity contribution in [3.63, 3.8) is 0 Å². The van der Waals surface area contributed by atoms with Gasteiger partial charge in [0.05, 0.1) is 17.9 Å². The molecule has 5 heteroatoms.